The first-order valence-corrected chi connectivity index (χ1v) is 17.8. The molecule has 2 saturated heterocycles. The third-order valence-electron chi connectivity index (χ3n) is 9.87. The van der Waals surface area contributed by atoms with Gasteiger partial charge in [0.25, 0.3) is 0 Å². The van der Waals surface area contributed by atoms with Gasteiger partial charge in [0, 0.05) is 19.1 Å². The highest BCUT2D eigenvalue weighted by atomic mass is 28.3. The summed E-state index contributed by atoms with van der Waals surface area (Å²) in [6, 6.07) is 0. The first kappa shape index (κ1) is 24.6. The van der Waals surface area contributed by atoms with E-state index in [-0.39, 0.29) is 10.4 Å². The van der Waals surface area contributed by atoms with E-state index in [1.54, 1.807) is 0 Å². The zero-order chi connectivity index (χ0) is 21.6. The minimum atomic E-state index is -1.77. The largest absolute Gasteiger partial charge is 0.378 e. The predicted octanol–water partition coefficient (Wildman–Crippen LogP) is 7.60. The lowest BCUT2D eigenvalue weighted by molar-refractivity contribution is -0.144. The molecule has 0 saturated carbocycles. The maximum Gasteiger partial charge on any atom is 0.0912 e. The molecule has 2 unspecified atom stereocenters. The van der Waals surface area contributed by atoms with Gasteiger partial charge in [-0.2, -0.15) is 0 Å². The monoisotopic (exact) mass is 426 g/mol. The summed E-state index contributed by atoms with van der Waals surface area (Å²) in [4.78, 5) is 0. The second-order valence-corrected chi connectivity index (χ2v) is 24.1. The highest BCUT2D eigenvalue weighted by Crippen LogP contribution is 2.59. The molecule has 0 aromatic rings. The summed E-state index contributed by atoms with van der Waals surface area (Å²) in [6.07, 6.45) is 7.51. The molecule has 2 aliphatic heterocycles. The van der Waals surface area contributed by atoms with E-state index in [4.69, 9.17) is 9.47 Å². The molecule has 28 heavy (non-hydrogen) atoms. The van der Waals surface area contributed by atoms with Crippen molar-refractivity contribution >= 4 is 16.1 Å². The third kappa shape index (κ3) is 3.63. The normalized spacial score (nSPS) is 32.2. The Bertz CT molecular complexity index is 480. The van der Waals surface area contributed by atoms with Crippen molar-refractivity contribution in [2.45, 2.75) is 134 Å². The van der Waals surface area contributed by atoms with E-state index in [2.05, 4.69) is 74.7 Å². The second-order valence-electron chi connectivity index (χ2n) is 12.9. The molecule has 4 heteroatoms. The Kier molecular flexibility index (Phi) is 6.86. The van der Waals surface area contributed by atoms with Crippen LogP contribution in [0.4, 0.5) is 0 Å². The van der Waals surface area contributed by atoms with E-state index in [0.717, 1.165) is 13.2 Å². The summed E-state index contributed by atoms with van der Waals surface area (Å²) >= 11 is 0. The van der Waals surface area contributed by atoms with Crippen LogP contribution in [0, 0.1) is 5.92 Å². The number of rotatable bonds is 4. The minimum absolute atomic E-state index is 0.0103. The Hall–Kier alpha value is 0.354. The molecule has 2 heterocycles. The molecule has 0 bridgehead atoms. The van der Waals surface area contributed by atoms with Crippen LogP contribution in [0.1, 0.15) is 87.0 Å². The Labute approximate surface area is 178 Å². The summed E-state index contributed by atoms with van der Waals surface area (Å²) in [5.74, 6) is 0.461. The van der Waals surface area contributed by atoms with Crippen molar-refractivity contribution in [3.8, 4) is 0 Å². The lowest BCUT2D eigenvalue weighted by Crippen LogP contribution is -2.75. The summed E-state index contributed by atoms with van der Waals surface area (Å²) < 4.78 is 14.0. The van der Waals surface area contributed by atoms with E-state index in [1.165, 1.54) is 38.5 Å². The van der Waals surface area contributed by atoms with Gasteiger partial charge in [0.05, 0.1) is 26.6 Å². The third-order valence-corrected chi connectivity index (χ3v) is 23.3. The van der Waals surface area contributed by atoms with E-state index in [9.17, 15) is 0 Å². The van der Waals surface area contributed by atoms with Crippen LogP contribution in [0.3, 0.4) is 0 Å². The number of hydrogen-bond acceptors (Lipinski definition) is 2. The molecule has 166 valence electrons. The maximum absolute atomic E-state index is 7.01. The molecule has 0 aromatic heterocycles. The van der Waals surface area contributed by atoms with Crippen molar-refractivity contribution < 1.29 is 9.47 Å². The van der Waals surface area contributed by atoms with Crippen LogP contribution in [0.15, 0.2) is 0 Å². The van der Waals surface area contributed by atoms with Crippen LogP contribution in [0.25, 0.3) is 0 Å². The molecular weight excluding hydrogens is 376 g/mol. The van der Waals surface area contributed by atoms with Crippen LogP contribution in [-0.2, 0) is 9.47 Å². The molecule has 2 nitrogen and oxygen atoms in total. The van der Waals surface area contributed by atoms with Crippen LogP contribution in [0.5, 0.6) is 0 Å². The molecule has 2 rings (SSSR count). The lowest BCUT2D eigenvalue weighted by Gasteiger charge is -2.65. The molecule has 0 radical (unpaired) electrons. The summed E-state index contributed by atoms with van der Waals surface area (Å²) in [5, 5.41) is 0.635. The standard InChI is InChI=1S/C24H50O2Si2/c1-20(23(16-12-14-18-25-23)27(8,9)21(2,3)4)24(17-13-15-19-26-24)28(10,11)22(5,6)7/h20H,12-19H2,1-11H3. The molecular formula is C24H50O2Si2. The smallest absolute Gasteiger partial charge is 0.0912 e. The van der Waals surface area contributed by atoms with Crippen LogP contribution >= 0.6 is 0 Å². The van der Waals surface area contributed by atoms with Crippen molar-refractivity contribution in [3.63, 3.8) is 0 Å². The Morgan fingerprint density at radius 1 is 0.643 bits per heavy atom. The second kappa shape index (κ2) is 7.80. The highest BCUT2D eigenvalue weighted by Gasteiger charge is 2.67. The molecule has 0 spiro atoms. The van der Waals surface area contributed by atoms with Gasteiger partial charge in [0.15, 0.2) is 0 Å². The first-order valence-electron chi connectivity index (χ1n) is 11.8. The highest BCUT2D eigenvalue weighted by molar-refractivity contribution is 6.85. The molecule has 0 aliphatic carbocycles. The van der Waals surface area contributed by atoms with Gasteiger partial charge in [-0.3, -0.25) is 0 Å². The molecule has 2 fully saturated rings. The van der Waals surface area contributed by atoms with Gasteiger partial charge < -0.3 is 9.47 Å². The zero-order valence-corrected chi connectivity index (χ0v) is 23.1. The minimum Gasteiger partial charge on any atom is -0.378 e. The van der Waals surface area contributed by atoms with Crippen LogP contribution < -0.4 is 0 Å². The van der Waals surface area contributed by atoms with Crippen LogP contribution in [0.2, 0.25) is 36.3 Å². The van der Waals surface area contributed by atoms with Crippen molar-refractivity contribution in [3.05, 3.63) is 0 Å². The van der Waals surface area contributed by atoms with Crippen molar-refractivity contribution in [2.24, 2.45) is 5.92 Å². The van der Waals surface area contributed by atoms with E-state index < -0.39 is 16.1 Å². The van der Waals surface area contributed by atoms with Gasteiger partial charge in [-0.25, -0.2) is 0 Å². The average molecular weight is 427 g/mol. The molecule has 2 atom stereocenters. The quantitative estimate of drug-likeness (QED) is 0.431. The topological polar surface area (TPSA) is 18.5 Å². The Morgan fingerprint density at radius 2 is 0.964 bits per heavy atom. The molecule has 0 aromatic carbocycles. The fourth-order valence-electron chi connectivity index (χ4n) is 6.03. The van der Waals surface area contributed by atoms with E-state index in [1.807, 2.05) is 0 Å². The zero-order valence-electron chi connectivity index (χ0n) is 21.1. The van der Waals surface area contributed by atoms with Gasteiger partial charge >= 0.3 is 0 Å². The van der Waals surface area contributed by atoms with Gasteiger partial charge in [0.1, 0.15) is 0 Å². The fraction of sp³-hybridized carbons (Fsp3) is 1.00. The van der Waals surface area contributed by atoms with Gasteiger partial charge in [0.2, 0.25) is 0 Å². The van der Waals surface area contributed by atoms with Gasteiger partial charge in [-0.05, 0) is 48.6 Å². The van der Waals surface area contributed by atoms with Crippen molar-refractivity contribution in [2.75, 3.05) is 13.2 Å². The Morgan fingerprint density at radius 3 is 1.18 bits per heavy atom. The van der Waals surface area contributed by atoms with E-state index >= 15 is 0 Å². The summed E-state index contributed by atoms with van der Waals surface area (Å²) in [6.45, 7) is 29.6. The maximum atomic E-state index is 7.01. The van der Waals surface area contributed by atoms with Gasteiger partial charge in [-0.15, -0.1) is 0 Å². The average Bonchev–Trinajstić information content (AvgIpc) is 2.60. The van der Waals surface area contributed by atoms with Crippen LogP contribution in [-0.4, -0.2) is 39.8 Å². The fourth-order valence-corrected chi connectivity index (χ4v) is 13.9. The van der Waals surface area contributed by atoms with Gasteiger partial charge in [-0.1, -0.05) is 74.7 Å². The van der Waals surface area contributed by atoms with Crippen molar-refractivity contribution in [1.29, 1.82) is 0 Å². The Balaban J connectivity index is 2.67. The molecule has 0 N–H and O–H groups in total. The predicted molar refractivity (Wildman–Crippen MR) is 129 cm³/mol. The number of ether oxygens (including phenoxy) is 2. The number of hydrogen-bond donors (Lipinski definition) is 0. The first-order chi connectivity index (χ1) is 12.6. The summed E-state index contributed by atoms with van der Waals surface area (Å²) in [5.41, 5.74) is 0. The van der Waals surface area contributed by atoms with E-state index in [0.29, 0.717) is 16.0 Å². The molecule has 0 amide bonds. The SMILES string of the molecule is CC(C1([Si](C)(C)C(C)(C)C)CCCCO1)C1([Si](C)(C)C(C)(C)C)CCCCO1. The molecule has 2 aliphatic rings. The van der Waals surface area contributed by atoms with Crippen molar-refractivity contribution in [1.82, 2.24) is 0 Å². The lowest BCUT2D eigenvalue weighted by atomic mass is 9.87. The summed E-state index contributed by atoms with van der Waals surface area (Å²) in [7, 11) is -3.53.